The van der Waals surface area contributed by atoms with Crippen LogP contribution in [0.1, 0.15) is 69.9 Å². The van der Waals surface area contributed by atoms with Gasteiger partial charge < -0.3 is 24.1 Å². The van der Waals surface area contributed by atoms with Crippen molar-refractivity contribution in [2.24, 2.45) is 17.8 Å². The smallest absolute Gasteiger partial charge is 0.346 e. The maximum Gasteiger partial charge on any atom is 0.346 e. The number of ether oxygens (including phenoxy) is 1. The molecule has 2 aromatic heterocycles. The molecule has 2 aliphatic carbocycles. The topological polar surface area (TPSA) is 91.2 Å². The maximum atomic E-state index is 12.6. The Hall–Kier alpha value is -2.36. The molecule has 210 valence electrons. The third-order valence-electron chi connectivity index (χ3n) is 9.04. The maximum absolute atomic E-state index is 12.6. The highest BCUT2D eigenvalue weighted by molar-refractivity contribution is 7.90. The molecular formula is C30H42N6O2S. The summed E-state index contributed by atoms with van der Waals surface area (Å²) in [6, 6.07) is 10.7. The van der Waals surface area contributed by atoms with Gasteiger partial charge in [-0.1, -0.05) is 69.4 Å². The summed E-state index contributed by atoms with van der Waals surface area (Å²) in [5.41, 5.74) is 2.81. The van der Waals surface area contributed by atoms with Crippen molar-refractivity contribution in [1.82, 2.24) is 19.5 Å². The molecule has 0 spiro atoms. The van der Waals surface area contributed by atoms with E-state index in [1.807, 2.05) is 0 Å². The number of morpholine rings is 1. The average Bonchev–Trinajstić information content (AvgIpc) is 3.29. The third kappa shape index (κ3) is 5.91. The van der Waals surface area contributed by atoms with E-state index in [1.54, 1.807) is 6.26 Å². The Morgan fingerprint density at radius 1 is 1.03 bits per heavy atom. The number of benzene rings is 1. The van der Waals surface area contributed by atoms with E-state index in [4.69, 9.17) is 19.7 Å². The van der Waals surface area contributed by atoms with Gasteiger partial charge in [0.25, 0.3) is 0 Å². The Morgan fingerprint density at radius 3 is 2.54 bits per heavy atom. The van der Waals surface area contributed by atoms with Crippen molar-refractivity contribution in [2.75, 3.05) is 42.8 Å². The van der Waals surface area contributed by atoms with Gasteiger partial charge >= 0.3 is 5.16 Å². The van der Waals surface area contributed by atoms with E-state index in [9.17, 15) is 4.55 Å². The van der Waals surface area contributed by atoms with E-state index in [-0.39, 0.29) is 6.04 Å². The van der Waals surface area contributed by atoms with Gasteiger partial charge in [-0.3, -0.25) is 0 Å². The Labute approximate surface area is 235 Å². The predicted molar refractivity (Wildman–Crippen MR) is 157 cm³/mol. The number of rotatable bonds is 9. The summed E-state index contributed by atoms with van der Waals surface area (Å²) in [6.45, 7) is 6.17. The highest BCUT2D eigenvalue weighted by atomic mass is 32.2. The number of anilines is 2. The van der Waals surface area contributed by atoms with E-state index in [1.165, 1.54) is 50.5 Å². The van der Waals surface area contributed by atoms with E-state index in [0.29, 0.717) is 29.9 Å². The van der Waals surface area contributed by atoms with Gasteiger partial charge in [0, 0.05) is 30.8 Å². The number of aromatic nitrogens is 4. The molecule has 1 aliphatic heterocycles. The van der Waals surface area contributed by atoms with Gasteiger partial charge in [-0.15, -0.1) is 0 Å². The van der Waals surface area contributed by atoms with Crippen LogP contribution in [0.4, 0.5) is 11.8 Å². The minimum atomic E-state index is -1.29. The van der Waals surface area contributed by atoms with Gasteiger partial charge in [0.05, 0.1) is 19.3 Å². The lowest BCUT2D eigenvalue weighted by Gasteiger charge is -2.37. The Bertz CT molecular complexity index is 1240. The molecule has 3 heterocycles. The van der Waals surface area contributed by atoms with E-state index >= 15 is 0 Å². The SMILES string of the molecule is C[S@@+]([O-])c1nc(NCCC2CCC2)c2c(n1)nc(N1CCOC[C@H]1c1ccccc1)n2C[C@H]1CC[C@H](C)CC1. The third-order valence-corrected chi connectivity index (χ3v) is 9.73. The lowest BCUT2D eigenvalue weighted by Crippen LogP contribution is -2.41. The van der Waals surface area contributed by atoms with E-state index in [2.05, 4.69) is 52.0 Å². The van der Waals surface area contributed by atoms with Gasteiger partial charge in [0.15, 0.2) is 11.5 Å². The van der Waals surface area contributed by atoms with Gasteiger partial charge in [-0.2, -0.15) is 15.0 Å². The zero-order valence-corrected chi connectivity index (χ0v) is 24.2. The summed E-state index contributed by atoms with van der Waals surface area (Å²) in [7, 11) is 0. The number of fused-ring (bicyclic) bond motifs is 1. The quantitative estimate of drug-likeness (QED) is 0.275. The summed E-state index contributed by atoms with van der Waals surface area (Å²) in [5.74, 6) is 3.90. The molecule has 0 bridgehead atoms. The van der Waals surface area contributed by atoms with Crippen molar-refractivity contribution in [3.05, 3.63) is 35.9 Å². The molecule has 3 aliphatic rings. The van der Waals surface area contributed by atoms with Crippen LogP contribution >= 0.6 is 0 Å². The molecule has 9 heteroatoms. The predicted octanol–water partition coefficient (Wildman–Crippen LogP) is 5.57. The van der Waals surface area contributed by atoms with Crippen molar-refractivity contribution in [2.45, 2.75) is 76.0 Å². The molecule has 0 radical (unpaired) electrons. The lowest BCUT2D eigenvalue weighted by atomic mass is 9.83. The lowest BCUT2D eigenvalue weighted by molar-refractivity contribution is 0.0927. The number of hydrogen-bond acceptors (Lipinski definition) is 7. The number of nitrogens with one attached hydrogen (secondary N) is 1. The van der Waals surface area contributed by atoms with Crippen molar-refractivity contribution in [3.8, 4) is 0 Å². The highest BCUT2D eigenvalue weighted by Gasteiger charge is 2.32. The van der Waals surface area contributed by atoms with Gasteiger partial charge in [0.1, 0.15) is 11.8 Å². The molecule has 2 atom stereocenters. The fourth-order valence-corrected chi connectivity index (χ4v) is 6.82. The molecule has 1 saturated heterocycles. The molecule has 0 unspecified atom stereocenters. The summed E-state index contributed by atoms with van der Waals surface area (Å²) in [4.78, 5) is 17.1. The summed E-state index contributed by atoms with van der Waals surface area (Å²) in [6.07, 6.45) is 11.8. The van der Waals surface area contributed by atoms with Gasteiger partial charge in [-0.05, 0) is 42.6 Å². The summed E-state index contributed by atoms with van der Waals surface area (Å²) in [5, 5.41) is 3.98. The fourth-order valence-electron chi connectivity index (χ4n) is 6.39. The van der Waals surface area contributed by atoms with Crippen LogP contribution in [-0.2, 0) is 22.5 Å². The first kappa shape index (κ1) is 26.8. The van der Waals surface area contributed by atoms with Crippen LogP contribution < -0.4 is 10.2 Å². The Morgan fingerprint density at radius 2 is 1.82 bits per heavy atom. The molecule has 3 aromatic rings. The van der Waals surface area contributed by atoms with Crippen molar-refractivity contribution >= 4 is 34.1 Å². The summed E-state index contributed by atoms with van der Waals surface area (Å²) >= 11 is -1.29. The molecular weight excluding hydrogens is 508 g/mol. The normalized spacial score (nSPS) is 25.0. The van der Waals surface area contributed by atoms with Crippen molar-refractivity contribution < 1.29 is 9.29 Å². The second-order valence-corrected chi connectivity index (χ2v) is 13.1. The first-order valence-electron chi connectivity index (χ1n) is 14.8. The molecule has 1 aromatic carbocycles. The largest absolute Gasteiger partial charge is 0.609 e. The fraction of sp³-hybridized carbons (Fsp3) is 0.633. The summed E-state index contributed by atoms with van der Waals surface area (Å²) < 4.78 is 20.9. The second-order valence-electron chi connectivity index (χ2n) is 11.8. The second kappa shape index (κ2) is 12.0. The van der Waals surface area contributed by atoms with E-state index in [0.717, 1.165) is 55.2 Å². The molecule has 3 fully saturated rings. The zero-order chi connectivity index (χ0) is 26.8. The Balaban J connectivity index is 1.42. The van der Waals surface area contributed by atoms with Crippen molar-refractivity contribution in [1.29, 1.82) is 0 Å². The number of nitrogens with zero attached hydrogens (tertiary/aromatic N) is 5. The molecule has 39 heavy (non-hydrogen) atoms. The number of hydrogen-bond donors (Lipinski definition) is 1. The van der Waals surface area contributed by atoms with Crippen LogP contribution in [-0.4, -0.2) is 56.6 Å². The van der Waals surface area contributed by atoms with Crippen LogP contribution in [0.5, 0.6) is 0 Å². The first-order chi connectivity index (χ1) is 19.1. The highest BCUT2D eigenvalue weighted by Crippen LogP contribution is 2.37. The first-order valence-corrected chi connectivity index (χ1v) is 16.4. The van der Waals surface area contributed by atoms with Crippen LogP contribution in [0.2, 0.25) is 0 Å². The number of imidazole rings is 1. The molecule has 1 N–H and O–H groups in total. The van der Waals surface area contributed by atoms with Crippen molar-refractivity contribution in [3.63, 3.8) is 0 Å². The minimum Gasteiger partial charge on any atom is -0.609 e. The van der Waals surface area contributed by atoms with Gasteiger partial charge in [0.2, 0.25) is 5.95 Å². The Kier molecular flexibility index (Phi) is 8.27. The molecule has 6 rings (SSSR count). The van der Waals surface area contributed by atoms with E-state index < -0.39 is 11.2 Å². The zero-order valence-electron chi connectivity index (χ0n) is 23.3. The van der Waals surface area contributed by atoms with Gasteiger partial charge in [-0.25, -0.2) is 0 Å². The molecule has 8 nitrogen and oxygen atoms in total. The standard InChI is InChI=1S/C30H42N6O2S/c1-21-11-13-23(14-12-21)19-36-26-27(31-16-15-22-7-6-8-22)32-29(39(2)37)33-28(26)34-30(36)35-17-18-38-20-25(35)24-9-4-3-5-10-24/h3-5,9-10,21-23,25H,6-8,11-20H2,1-2H3,(H,31,32,33)/t21-,23-,25-,39+/m0/s1. The molecule has 2 saturated carbocycles. The minimum absolute atomic E-state index is 0.0738. The monoisotopic (exact) mass is 550 g/mol. The van der Waals surface area contributed by atoms with Crippen LogP contribution in [0.15, 0.2) is 35.5 Å². The van der Waals surface area contributed by atoms with Crippen LogP contribution in [0.25, 0.3) is 11.2 Å². The van der Waals surface area contributed by atoms with Crippen LogP contribution in [0, 0.1) is 17.8 Å². The van der Waals surface area contributed by atoms with Crippen LogP contribution in [0.3, 0.4) is 0 Å². The average molecular weight is 551 g/mol. The molecule has 0 amide bonds.